The molecule has 1 fully saturated rings. The molecule has 6 heteroatoms. The Hall–Kier alpha value is -1.43. The Morgan fingerprint density at radius 2 is 2.05 bits per heavy atom. The van der Waals surface area contributed by atoms with E-state index in [9.17, 15) is 9.59 Å². The number of amides is 2. The molecule has 2 rings (SSSR count). The SMILES string of the molecule is CC1CCN(CCCNC(=O)C2=NN(C)C(=O)CC2)CC1. The van der Waals surface area contributed by atoms with Crippen molar-refractivity contribution in [3.63, 3.8) is 0 Å². The first-order valence-corrected chi connectivity index (χ1v) is 7.91. The first kappa shape index (κ1) is 15.9. The number of carbonyl (C=O) groups excluding carboxylic acids is 2. The lowest BCUT2D eigenvalue weighted by Gasteiger charge is -2.30. The van der Waals surface area contributed by atoms with Crippen molar-refractivity contribution in [1.29, 1.82) is 0 Å². The third kappa shape index (κ3) is 4.81. The Kier molecular flexibility index (Phi) is 5.73. The van der Waals surface area contributed by atoms with Crippen molar-refractivity contribution in [2.24, 2.45) is 11.0 Å². The molecule has 0 saturated carbocycles. The predicted molar refractivity (Wildman–Crippen MR) is 81.9 cm³/mol. The Bertz CT molecular complexity index is 414. The minimum atomic E-state index is -0.137. The Balaban J connectivity index is 1.63. The number of piperidine rings is 1. The van der Waals surface area contributed by atoms with Crippen LogP contribution in [-0.4, -0.2) is 60.7 Å². The van der Waals surface area contributed by atoms with E-state index in [1.54, 1.807) is 7.05 Å². The van der Waals surface area contributed by atoms with Gasteiger partial charge < -0.3 is 10.2 Å². The van der Waals surface area contributed by atoms with Gasteiger partial charge in [-0.15, -0.1) is 0 Å². The summed E-state index contributed by atoms with van der Waals surface area (Å²) < 4.78 is 0. The summed E-state index contributed by atoms with van der Waals surface area (Å²) in [5.41, 5.74) is 0.462. The van der Waals surface area contributed by atoms with Crippen LogP contribution in [0.25, 0.3) is 0 Å². The van der Waals surface area contributed by atoms with Crippen molar-refractivity contribution in [2.45, 2.75) is 39.0 Å². The second kappa shape index (κ2) is 7.54. The molecule has 6 nitrogen and oxygen atoms in total. The monoisotopic (exact) mass is 294 g/mol. The molecule has 21 heavy (non-hydrogen) atoms. The van der Waals surface area contributed by atoms with Gasteiger partial charge in [0.05, 0.1) is 0 Å². The normalized spacial score (nSPS) is 21.3. The molecule has 0 aromatic rings. The van der Waals surface area contributed by atoms with Gasteiger partial charge in [0.15, 0.2) is 0 Å². The summed E-state index contributed by atoms with van der Waals surface area (Å²) >= 11 is 0. The predicted octanol–water partition coefficient (Wildman–Crippen LogP) is 0.833. The maximum Gasteiger partial charge on any atom is 0.267 e. The Morgan fingerprint density at radius 1 is 1.33 bits per heavy atom. The van der Waals surface area contributed by atoms with Crippen LogP contribution < -0.4 is 5.32 Å². The Morgan fingerprint density at radius 3 is 2.71 bits per heavy atom. The number of hydrazone groups is 1. The fourth-order valence-corrected chi connectivity index (χ4v) is 2.73. The fraction of sp³-hybridized carbons (Fsp3) is 0.800. The van der Waals surface area contributed by atoms with Crippen LogP contribution in [0.2, 0.25) is 0 Å². The largest absolute Gasteiger partial charge is 0.351 e. The molecule has 2 amide bonds. The van der Waals surface area contributed by atoms with Gasteiger partial charge in [0, 0.05) is 26.4 Å². The molecule has 2 heterocycles. The molecule has 2 aliphatic heterocycles. The van der Waals surface area contributed by atoms with Gasteiger partial charge in [-0.05, 0) is 44.8 Å². The number of hydrogen-bond acceptors (Lipinski definition) is 4. The molecule has 0 aromatic carbocycles. The number of nitrogens with one attached hydrogen (secondary N) is 1. The third-order valence-electron chi connectivity index (χ3n) is 4.28. The summed E-state index contributed by atoms with van der Waals surface area (Å²) in [7, 11) is 1.59. The summed E-state index contributed by atoms with van der Waals surface area (Å²) in [5, 5.41) is 8.18. The number of hydrogen-bond donors (Lipinski definition) is 1. The van der Waals surface area contributed by atoms with Crippen LogP contribution >= 0.6 is 0 Å². The minimum absolute atomic E-state index is 0.0362. The molecule has 1 N–H and O–H groups in total. The lowest BCUT2D eigenvalue weighted by Crippen LogP contribution is -2.39. The first-order chi connectivity index (χ1) is 10.1. The molecule has 0 aliphatic carbocycles. The number of likely N-dealkylation sites (tertiary alicyclic amines) is 1. The van der Waals surface area contributed by atoms with Crippen molar-refractivity contribution in [3.8, 4) is 0 Å². The van der Waals surface area contributed by atoms with E-state index in [0.29, 0.717) is 25.1 Å². The van der Waals surface area contributed by atoms with Crippen molar-refractivity contribution in [1.82, 2.24) is 15.2 Å². The number of nitrogens with zero attached hydrogens (tertiary/aromatic N) is 3. The van der Waals surface area contributed by atoms with E-state index in [2.05, 4.69) is 22.2 Å². The zero-order chi connectivity index (χ0) is 15.2. The van der Waals surface area contributed by atoms with E-state index in [1.807, 2.05) is 0 Å². The van der Waals surface area contributed by atoms with Crippen molar-refractivity contribution >= 4 is 17.5 Å². The molecule has 1 saturated heterocycles. The van der Waals surface area contributed by atoms with Crippen LogP contribution in [0.15, 0.2) is 5.10 Å². The number of rotatable bonds is 5. The van der Waals surface area contributed by atoms with E-state index in [0.717, 1.165) is 18.9 Å². The molecule has 0 bridgehead atoms. The van der Waals surface area contributed by atoms with Gasteiger partial charge in [0.1, 0.15) is 5.71 Å². The summed E-state index contributed by atoms with van der Waals surface area (Å²) in [6.45, 7) is 6.37. The van der Waals surface area contributed by atoms with Crippen molar-refractivity contribution < 1.29 is 9.59 Å². The van der Waals surface area contributed by atoms with E-state index in [1.165, 1.54) is 30.9 Å². The van der Waals surface area contributed by atoms with Crippen molar-refractivity contribution in [2.75, 3.05) is 33.2 Å². The standard InChI is InChI=1S/C15H26N4O2/c1-12-6-10-19(11-7-12)9-3-8-16-15(21)13-4-5-14(20)18(2)17-13/h12H,3-11H2,1-2H3,(H,16,21). The quantitative estimate of drug-likeness (QED) is 0.764. The van der Waals surface area contributed by atoms with Crippen molar-refractivity contribution in [3.05, 3.63) is 0 Å². The molecule has 0 radical (unpaired) electrons. The summed E-state index contributed by atoms with van der Waals surface area (Å²) in [6, 6.07) is 0. The summed E-state index contributed by atoms with van der Waals surface area (Å²) in [6.07, 6.45) is 4.34. The second-order valence-electron chi connectivity index (χ2n) is 6.10. The minimum Gasteiger partial charge on any atom is -0.351 e. The van der Waals surface area contributed by atoms with Gasteiger partial charge in [-0.1, -0.05) is 6.92 Å². The van der Waals surface area contributed by atoms with E-state index < -0.39 is 0 Å². The van der Waals surface area contributed by atoms with Crippen LogP contribution in [0.3, 0.4) is 0 Å². The Labute approximate surface area is 126 Å². The smallest absolute Gasteiger partial charge is 0.267 e. The molecular weight excluding hydrogens is 268 g/mol. The fourth-order valence-electron chi connectivity index (χ4n) is 2.73. The molecule has 0 aromatic heterocycles. The van der Waals surface area contributed by atoms with E-state index in [4.69, 9.17) is 0 Å². The van der Waals surface area contributed by atoms with Gasteiger partial charge in [0.2, 0.25) is 5.91 Å². The maximum atomic E-state index is 12.0. The van der Waals surface area contributed by atoms with Crippen LogP contribution in [0.1, 0.15) is 39.0 Å². The van der Waals surface area contributed by atoms with Gasteiger partial charge in [-0.25, -0.2) is 5.01 Å². The summed E-state index contributed by atoms with van der Waals surface area (Å²) in [4.78, 5) is 25.7. The third-order valence-corrected chi connectivity index (χ3v) is 4.28. The van der Waals surface area contributed by atoms with Gasteiger partial charge in [0.25, 0.3) is 5.91 Å². The van der Waals surface area contributed by atoms with Crippen LogP contribution in [0.5, 0.6) is 0 Å². The zero-order valence-corrected chi connectivity index (χ0v) is 13.1. The molecule has 0 unspecified atom stereocenters. The lowest BCUT2D eigenvalue weighted by atomic mass is 9.99. The second-order valence-corrected chi connectivity index (χ2v) is 6.10. The summed E-state index contributed by atoms with van der Waals surface area (Å²) in [5.74, 6) is 0.678. The van der Waals surface area contributed by atoms with Gasteiger partial charge in [-0.2, -0.15) is 5.10 Å². The number of carbonyl (C=O) groups is 2. The molecule has 0 spiro atoms. The van der Waals surface area contributed by atoms with Gasteiger partial charge in [-0.3, -0.25) is 9.59 Å². The molecule has 0 atom stereocenters. The highest BCUT2D eigenvalue weighted by Gasteiger charge is 2.21. The zero-order valence-electron chi connectivity index (χ0n) is 13.1. The lowest BCUT2D eigenvalue weighted by molar-refractivity contribution is -0.130. The molecule has 118 valence electrons. The van der Waals surface area contributed by atoms with Crippen LogP contribution in [0.4, 0.5) is 0 Å². The topological polar surface area (TPSA) is 65.0 Å². The maximum absolute atomic E-state index is 12.0. The highest BCUT2D eigenvalue weighted by Crippen LogP contribution is 2.15. The van der Waals surface area contributed by atoms with Gasteiger partial charge >= 0.3 is 0 Å². The molecule has 2 aliphatic rings. The average molecular weight is 294 g/mol. The van der Waals surface area contributed by atoms with Crippen LogP contribution in [-0.2, 0) is 9.59 Å². The first-order valence-electron chi connectivity index (χ1n) is 7.91. The van der Waals surface area contributed by atoms with E-state index in [-0.39, 0.29) is 11.8 Å². The van der Waals surface area contributed by atoms with Crippen LogP contribution in [0, 0.1) is 5.92 Å². The molecular formula is C15H26N4O2. The highest BCUT2D eigenvalue weighted by atomic mass is 16.2. The average Bonchev–Trinajstić information content (AvgIpc) is 2.48. The highest BCUT2D eigenvalue weighted by molar-refractivity contribution is 6.39. The van der Waals surface area contributed by atoms with E-state index >= 15 is 0 Å².